The molecular formula is C14H17NO4S. The minimum atomic E-state index is -3.64. The molecule has 1 aromatic rings. The Labute approximate surface area is 119 Å². The topological polar surface area (TPSA) is 70.1 Å². The average Bonchev–Trinajstić information content (AvgIpc) is 3.17. The Kier molecular flexibility index (Phi) is 4.45. The van der Waals surface area contributed by atoms with Crippen molar-refractivity contribution in [1.82, 2.24) is 4.31 Å². The van der Waals surface area contributed by atoms with Gasteiger partial charge in [-0.15, -0.1) is 6.42 Å². The fourth-order valence-electron chi connectivity index (χ4n) is 1.91. The Bertz CT molecular complexity index is 603. The van der Waals surface area contributed by atoms with Gasteiger partial charge in [-0.05, 0) is 19.1 Å². The second-order valence-corrected chi connectivity index (χ2v) is 6.65. The van der Waals surface area contributed by atoms with E-state index in [1.165, 1.54) is 4.31 Å². The lowest BCUT2D eigenvalue weighted by Gasteiger charge is -2.19. The van der Waals surface area contributed by atoms with E-state index in [2.05, 4.69) is 5.92 Å². The molecule has 2 rings (SSSR count). The Balaban J connectivity index is 2.19. The molecule has 1 fully saturated rings. The maximum Gasteiger partial charge on any atom is 0.244 e. The van der Waals surface area contributed by atoms with Crippen molar-refractivity contribution < 1.29 is 18.3 Å². The van der Waals surface area contributed by atoms with Crippen LogP contribution in [-0.2, 0) is 14.8 Å². The lowest BCUT2D eigenvalue weighted by Crippen LogP contribution is -2.35. The number of ether oxygens (including phenoxy) is 1. The molecule has 0 spiro atoms. The summed E-state index contributed by atoms with van der Waals surface area (Å²) in [7, 11) is -3.64. The zero-order valence-corrected chi connectivity index (χ0v) is 12.0. The molecule has 0 unspecified atom stereocenters. The summed E-state index contributed by atoms with van der Waals surface area (Å²) >= 11 is 0. The third kappa shape index (κ3) is 3.19. The number of hydrogen-bond acceptors (Lipinski definition) is 4. The van der Waals surface area contributed by atoms with Crippen LogP contribution in [0.5, 0.6) is 0 Å². The molecule has 5 nitrogen and oxygen atoms in total. The Morgan fingerprint density at radius 3 is 2.50 bits per heavy atom. The van der Waals surface area contributed by atoms with Gasteiger partial charge in [0.15, 0.2) is 0 Å². The zero-order valence-electron chi connectivity index (χ0n) is 11.2. The molecule has 0 aliphatic carbocycles. The van der Waals surface area contributed by atoms with Crippen molar-refractivity contribution in [1.29, 1.82) is 0 Å². The highest BCUT2D eigenvalue weighted by Crippen LogP contribution is 2.25. The van der Waals surface area contributed by atoms with Gasteiger partial charge in [-0.1, -0.05) is 23.6 Å². The second-order valence-electron chi connectivity index (χ2n) is 4.71. The van der Waals surface area contributed by atoms with E-state index >= 15 is 0 Å². The van der Waals surface area contributed by atoms with Crippen LogP contribution in [0, 0.1) is 19.3 Å². The summed E-state index contributed by atoms with van der Waals surface area (Å²) in [6.45, 7) is 1.92. The van der Waals surface area contributed by atoms with Gasteiger partial charge in [-0.3, -0.25) is 0 Å². The van der Waals surface area contributed by atoms with Gasteiger partial charge < -0.3 is 9.84 Å². The molecule has 20 heavy (non-hydrogen) atoms. The standard InChI is InChI=1S/C14H17NO4S/c1-3-8-15(9-13-14(10-16)19-13)20(17,18)12-6-4-11(2)5-7-12/h1,4-7,13-14,16H,8-10H2,2H3/t13-,14-/m1/s1. The zero-order chi connectivity index (χ0) is 14.8. The first-order valence-corrected chi connectivity index (χ1v) is 7.69. The van der Waals surface area contributed by atoms with Crippen molar-refractivity contribution >= 4 is 10.0 Å². The van der Waals surface area contributed by atoms with Gasteiger partial charge in [-0.25, -0.2) is 8.42 Å². The minimum Gasteiger partial charge on any atom is -0.394 e. The number of sulfonamides is 1. The first kappa shape index (κ1) is 15.0. The largest absolute Gasteiger partial charge is 0.394 e. The molecular weight excluding hydrogens is 278 g/mol. The molecule has 1 N–H and O–H groups in total. The highest BCUT2D eigenvalue weighted by atomic mass is 32.2. The lowest BCUT2D eigenvalue weighted by molar-refractivity contribution is 0.241. The fourth-order valence-corrected chi connectivity index (χ4v) is 3.28. The number of aliphatic hydroxyl groups excluding tert-OH is 1. The summed E-state index contributed by atoms with van der Waals surface area (Å²) in [6.07, 6.45) is 4.67. The van der Waals surface area contributed by atoms with E-state index in [-0.39, 0.29) is 36.8 Å². The molecule has 0 bridgehead atoms. The van der Waals surface area contributed by atoms with Gasteiger partial charge in [-0.2, -0.15) is 4.31 Å². The predicted octanol–water partition coefficient (Wildman–Crippen LogP) is 0.379. The van der Waals surface area contributed by atoms with E-state index < -0.39 is 10.0 Å². The Hall–Kier alpha value is -1.39. The van der Waals surface area contributed by atoms with Crippen molar-refractivity contribution in [2.75, 3.05) is 19.7 Å². The van der Waals surface area contributed by atoms with Crippen molar-refractivity contribution in [3.05, 3.63) is 29.8 Å². The summed E-state index contributed by atoms with van der Waals surface area (Å²) < 4.78 is 31.4. The summed E-state index contributed by atoms with van der Waals surface area (Å²) in [4.78, 5) is 0.208. The Morgan fingerprint density at radius 1 is 1.35 bits per heavy atom. The van der Waals surface area contributed by atoms with E-state index in [1.54, 1.807) is 24.3 Å². The third-order valence-electron chi connectivity index (χ3n) is 3.18. The van der Waals surface area contributed by atoms with Crippen LogP contribution in [0.4, 0.5) is 0 Å². The molecule has 1 aliphatic rings. The molecule has 2 atom stereocenters. The predicted molar refractivity (Wildman–Crippen MR) is 74.5 cm³/mol. The van der Waals surface area contributed by atoms with Crippen LogP contribution in [0.2, 0.25) is 0 Å². The molecule has 1 saturated heterocycles. The normalized spacial score (nSPS) is 21.7. The number of epoxide rings is 1. The molecule has 108 valence electrons. The molecule has 1 aromatic carbocycles. The summed E-state index contributed by atoms with van der Waals surface area (Å²) in [5.74, 6) is 2.35. The maximum absolute atomic E-state index is 12.5. The first-order chi connectivity index (χ1) is 9.48. The highest BCUT2D eigenvalue weighted by molar-refractivity contribution is 7.89. The van der Waals surface area contributed by atoms with E-state index in [4.69, 9.17) is 16.3 Å². The van der Waals surface area contributed by atoms with E-state index in [1.807, 2.05) is 6.92 Å². The van der Waals surface area contributed by atoms with Gasteiger partial charge in [0, 0.05) is 6.54 Å². The lowest BCUT2D eigenvalue weighted by atomic mass is 10.2. The van der Waals surface area contributed by atoms with Crippen LogP contribution < -0.4 is 0 Å². The van der Waals surface area contributed by atoms with Crippen LogP contribution in [0.25, 0.3) is 0 Å². The molecule has 0 radical (unpaired) electrons. The smallest absolute Gasteiger partial charge is 0.244 e. The number of rotatable bonds is 6. The molecule has 1 aliphatic heterocycles. The van der Waals surface area contributed by atoms with Crippen molar-refractivity contribution in [3.8, 4) is 12.3 Å². The van der Waals surface area contributed by atoms with E-state index in [0.29, 0.717) is 0 Å². The molecule has 1 heterocycles. The van der Waals surface area contributed by atoms with Gasteiger partial charge in [0.2, 0.25) is 10.0 Å². The number of hydrogen-bond donors (Lipinski definition) is 1. The van der Waals surface area contributed by atoms with Crippen molar-refractivity contribution in [3.63, 3.8) is 0 Å². The SMILES string of the molecule is C#CCN(C[C@H]1O[C@@H]1CO)S(=O)(=O)c1ccc(C)cc1. The first-order valence-electron chi connectivity index (χ1n) is 6.25. The number of terminal acetylenes is 1. The van der Waals surface area contributed by atoms with Gasteiger partial charge in [0.05, 0.1) is 18.0 Å². The van der Waals surface area contributed by atoms with Gasteiger partial charge in [0.25, 0.3) is 0 Å². The molecule has 6 heteroatoms. The van der Waals surface area contributed by atoms with Crippen LogP contribution in [0.15, 0.2) is 29.2 Å². The highest BCUT2D eigenvalue weighted by Gasteiger charge is 2.41. The number of aryl methyl sites for hydroxylation is 1. The Morgan fingerprint density at radius 2 is 2.00 bits per heavy atom. The monoisotopic (exact) mass is 295 g/mol. The molecule has 0 saturated carbocycles. The summed E-state index contributed by atoms with van der Waals surface area (Å²) in [5, 5.41) is 8.94. The average molecular weight is 295 g/mol. The maximum atomic E-state index is 12.5. The second kappa shape index (κ2) is 5.94. The van der Waals surface area contributed by atoms with Crippen LogP contribution in [-0.4, -0.2) is 49.7 Å². The quantitative estimate of drug-likeness (QED) is 0.608. The summed E-state index contributed by atoms with van der Waals surface area (Å²) in [5.41, 5.74) is 0.985. The minimum absolute atomic E-state index is 0.0196. The molecule has 0 amide bonds. The van der Waals surface area contributed by atoms with Crippen molar-refractivity contribution in [2.45, 2.75) is 24.0 Å². The van der Waals surface area contributed by atoms with Crippen LogP contribution >= 0.6 is 0 Å². The van der Waals surface area contributed by atoms with Gasteiger partial charge >= 0.3 is 0 Å². The number of benzene rings is 1. The molecule has 0 aromatic heterocycles. The van der Waals surface area contributed by atoms with Crippen LogP contribution in [0.1, 0.15) is 5.56 Å². The third-order valence-corrected chi connectivity index (χ3v) is 5.00. The fraction of sp³-hybridized carbons (Fsp3) is 0.429. The number of aliphatic hydroxyl groups is 1. The summed E-state index contributed by atoms with van der Waals surface area (Å²) in [6, 6.07) is 6.60. The number of nitrogens with zero attached hydrogens (tertiary/aromatic N) is 1. The van der Waals surface area contributed by atoms with Crippen molar-refractivity contribution in [2.24, 2.45) is 0 Å². The van der Waals surface area contributed by atoms with Gasteiger partial charge in [0.1, 0.15) is 12.2 Å². The van der Waals surface area contributed by atoms with E-state index in [9.17, 15) is 8.42 Å². The van der Waals surface area contributed by atoms with E-state index in [0.717, 1.165) is 5.56 Å². The van der Waals surface area contributed by atoms with Crippen LogP contribution in [0.3, 0.4) is 0 Å².